The van der Waals surface area contributed by atoms with E-state index in [-0.39, 0.29) is 0 Å². The molecule has 17 heavy (non-hydrogen) atoms. The molecule has 1 unspecified atom stereocenters. The highest BCUT2D eigenvalue weighted by Gasteiger charge is 2.27. The fourth-order valence-electron chi connectivity index (χ4n) is 2.75. The normalized spacial score (nSPS) is 25.1. The molecule has 0 bridgehead atoms. The predicted molar refractivity (Wildman–Crippen MR) is 71.3 cm³/mol. The first kappa shape index (κ1) is 13.3. The topological polar surface area (TPSA) is 24.5 Å². The Morgan fingerprint density at radius 1 is 1.24 bits per heavy atom. The van der Waals surface area contributed by atoms with Crippen LogP contribution in [0.3, 0.4) is 0 Å². The second-order valence-corrected chi connectivity index (χ2v) is 5.58. The Morgan fingerprint density at radius 2 is 1.94 bits per heavy atom. The maximum Gasteiger partial charge on any atom is 0.0599 e. The number of likely N-dealkylation sites (tertiary alicyclic amines) is 1. The van der Waals surface area contributed by atoms with Crippen LogP contribution in [0.1, 0.15) is 39.5 Å². The molecule has 2 rings (SSSR count). The van der Waals surface area contributed by atoms with E-state index in [1.165, 1.54) is 45.3 Å². The molecule has 0 aromatic heterocycles. The predicted octanol–water partition coefficient (Wildman–Crippen LogP) is 1.88. The Balaban J connectivity index is 1.52. The Kier molecular flexibility index (Phi) is 5.26. The number of ether oxygens (including phenoxy) is 1. The number of nitrogens with zero attached hydrogens (tertiary/aromatic N) is 1. The smallest absolute Gasteiger partial charge is 0.0599 e. The van der Waals surface area contributed by atoms with E-state index in [1.807, 2.05) is 0 Å². The number of rotatable bonds is 7. The molecular weight excluding hydrogens is 212 g/mol. The van der Waals surface area contributed by atoms with E-state index in [1.54, 1.807) is 0 Å². The minimum Gasteiger partial charge on any atom is -0.378 e. The van der Waals surface area contributed by atoms with Gasteiger partial charge in [-0.2, -0.15) is 0 Å². The number of hydrogen-bond donors (Lipinski definition) is 1. The molecule has 100 valence electrons. The summed E-state index contributed by atoms with van der Waals surface area (Å²) in [6, 6.07) is 0.732. The third kappa shape index (κ3) is 4.57. The Bertz CT molecular complexity index is 210. The van der Waals surface area contributed by atoms with Crippen molar-refractivity contribution in [3.8, 4) is 0 Å². The van der Waals surface area contributed by atoms with Gasteiger partial charge in [-0.15, -0.1) is 0 Å². The van der Waals surface area contributed by atoms with Gasteiger partial charge < -0.3 is 15.0 Å². The van der Waals surface area contributed by atoms with E-state index in [0.717, 1.165) is 25.1 Å². The van der Waals surface area contributed by atoms with Gasteiger partial charge in [-0.25, -0.2) is 0 Å². The fraction of sp³-hybridized carbons (Fsp3) is 1.00. The van der Waals surface area contributed by atoms with Gasteiger partial charge in [0.05, 0.1) is 6.10 Å². The van der Waals surface area contributed by atoms with Crippen LogP contribution in [0.15, 0.2) is 0 Å². The van der Waals surface area contributed by atoms with Gasteiger partial charge in [-0.1, -0.05) is 0 Å². The molecule has 3 heteroatoms. The molecule has 1 atom stereocenters. The zero-order chi connectivity index (χ0) is 12.1. The van der Waals surface area contributed by atoms with Crippen molar-refractivity contribution in [3.63, 3.8) is 0 Å². The van der Waals surface area contributed by atoms with Crippen LogP contribution in [0, 0.1) is 5.92 Å². The molecule has 1 heterocycles. The van der Waals surface area contributed by atoms with Gasteiger partial charge in [0.15, 0.2) is 0 Å². The number of piperidine rings is 1. The molecule has 3 nitrogen and oxygen atoms in total. The molecule has 1 aliphatic carbocycles. The van der Waals surface area contributed by atoms with Crippen LogP contribution in [0.2, 0.25) is 0 Å². The lowest BCUT2D eigenvalue weighted by atomic mass is 10.1. The third-order valence-electron chi connectivity index (χ3n) is 4.16. The van der Waals surface area contributed by atoms with Crippen molar-refractivity contribution in [2.45, 2.75) is 51.7 Å². The minimum absolute atomic E-state index is 0.523. The second-order valence-electron chi connectivity index (χ2n) is 5.58. The molecule has 2 fully saturated rings. The van der Waals surface area contributed by atoms with Crippen molar-refractivity contribution in [1.82, 2.24) is 10.2 Å². The van der Waals surface area contributed by atoms with Gasteiger partial charge in [0, 0.05) is 38.8 Å². The van der Waals surface area contributed by atoms with Crippen molar-refractivity contribution < 1.29 is 4.74 Å². The van der Waals surface area contributed by atoms with Crippen molar-refractivity contribution >= 4 is 0 Å². The summed E-state index contributed by atoms with van der Waals surface area (Å²) in [5, 5.41) is 3.66. The van der Waals surface area contributed by atoms with Gasteiger partial charge in [0.1, 0.15) is 0 Å². The van der Waals surface area contributed by atoms with Crippen LogP contribution >= 0.6 is 0 Å². The molecule has 1 saturated carbocycles. The molecule has 0 spiro atoms. The van der Waals surface area contributed by atoms with Crippen LogP contribution in [0.25, 0.3) is 0 Å². The van der Waals surface area contributed by atoms with Gasteiger partial charge >= 0.3 is 0 Å². The van der Waals surface area contributed by atoms with E-state index in [0.29, 0.717) is 6.10 Å². The molecule has 0 aromatic rings. The summed E-state index contributed by atoms with van der Waals surface area (Å²) in [7, 11) is 0. The maximum absolute atomic E-state index is 5.67. The Morgan fingerprint density at radius 3 is 2.53 bits per heavy atom. The van der Waals surface area contributed by atoms with Gasteiger partial charge in [0.2, 0.25) is 0 Å². The second kappa shape index (κ2) is 6.72. The Hall–Kier alpha value is -0.120. The number of hydrogen-bond acceptors (Lipinski definition) is 3. The zero-order valence-corrected chi connectivity index (χ0v) is 11.5. The van der Waals surface area contributed by atoms with Crippen LogP contribution in [0.4, 0.5) is 0 Å². The molecule has 1 N–H and O–H groups in total. The van der Waals surface area contributed by atoms with Gasteiger partial charge in [-0.05, 0) is 45.4 Å². The van der Waals surface area contributed by atoms with Crippen molar-refractivity contribution in [3.05, 3.63) is 0 Å². The Labute approximate surface area is 106 Å². The van der Waals surface area contributed by atoms with Crippen LogP contribution in [0.5, 0.6) is 0 Å². The van der Waals surface area contributed by atoms with Crippen molar-refractivity contribution in [2.24, 2.45) is 5.92 Å². The first-order valence-electron chi connectivity index (χ1n) is 7.37. The summed E-state index contributed by atoms with van der Waals surface area (Å²) in [5.74, 6) is 0.971. The highest BCUT2D eigenvalue weighted by Crippen LogP contribution is 2.32. The van der Waals surface area contributed by atoms with Gasteiger partial charge in [0.25, 0.3) is 0 Å². The van der Waals surface area contributed by atoms with Crippen molar-refractivity contribution in [1.29, 1.82) is 0 Å². The molecule has 0 radical (unpaired) electrons. The summed E-state index contributed by atoms with van der Waals surface area (Å²) in [5.41, 5.74) is 0. The highest BCUT2D eigenvalue weighted by molar-refractivity contribution is 4.83. The molecular formula is C14H28N2O. The first-order valence-corrected chi connectivity index (χ1v) is 7.37. The summed E-state index contributed by atoms with van der Waals surface area (Å²) < 4.78 is 5.67. The highest BCUT2D eigenvalue weighted by atomic mass is 16.5. The van der Waals surface area contributed by atoms with Gasteiger partial charge in [-0.3, -0.25) is 0 Å². The van der Waals surface area contributed by atoms with Crippen LogP contribution in [-0.4, -0.2) is 49.8 Å². The molecule has 2 aliphatic rings. The van der Waals surface area contributed by atoms with E-state index in [4.69, 9.17) is 4.74 Å². The van der Waals surface area contributed by atoms with E-state index in [2.05, 4.69) is 24.1 Å². The largest absolute Gasteiger partial charge is 0.378 e. The summed E-state index contributed by atoms with van der Waals surface area (Å²) in [6.45, 7) is 10.1. The maximum atomic E-state index is 5.67. The van der Waals surface area contributed by atoms with Crippen molar-refractivity contribution in [2.75, 3.05) is 32.8 Å². The zero-order valence-electron chi connectivity index (χ0n) is 11.5. The summed E-state index contributed by atoms with van der Waals surface area (Å²) in [6.07, 6.45) is 5.83. The lowest BCUT2D eigenvalue weighted by Crippen LogP contribution is -2.42. The minimum atomic E-state index is 0.523. The first-order chi connectivity index (χ1) is 8.29. The van der Waals surface area contributed by atoms with E-state index >= 15 is 0 Å². The van der Waals surface area contributed by atoms with Crippen LogP contribution in [-0.2, 0) is 4.74 Å². The molecule has 1 aliphatic heterocycles. The lowest BCUT2D eigenvalue weighted by Gasteiger charge is -2.32. The summed E-state index contributed by atoms with van der Waals surface area (Å²) >= 11 is 0. The lowest BCUT2D eigenvalue weighted by molar-refractivity contribution is 0.0144. The molecule has 1 saturated heterocycles. The fourth-order valence-corrected chi connectivity index (χ4v) is 2.75. The number of nitrogens with one attached hydrogen (secondary N) is 1. The standard InChI is InChI=1S/C14H28N2O/c1-3-17-14-6-9-16(10-7-14)11-8-15-12(2)13-4-5-13/h12-15H,3-11H2,1-2H3. The summed E-state index contributed by atoms with van der Waals surface area (Å²) in [4.78, 5) is 2.57. The van der Waals surface area contributed by atoms with Crippen LogP contribution < -0.4 is 5.32 Å². The average Bonchev–Trinajstić information content (AvgIpc) is 3.15. The molecule has 0 aromatic carbocycles. The quantitative estimate of drug-likeness (QED) is 0.735. The van der Waals surface area contributed by atoms with E-state index in [9.17, 15) is 0 Å². The van der Waals surface area contributed by atoms with E-state index < -0.39 is 0 Å². The SMILES string of the molecule is CCOC1CCN(CCNC(C)C2CC2)CC1. The molecule has 0 amide bonds. The monoisotopic (exact) mass is 240 g/mol. The third-order valence-corrected chi connectivity index (χ3v) is 4.16. The average molecular weight is 240 g/mol.